The van der Waals surface area contributed by atoms with Crippen LogP contribution in [0.2, 0.25) is 0 Å². The van der Waals surface area contributed by atoms with Gasteiger partial charge in [0.25, 0.3) is 6.01 Å². The van der Waals surface area contributed by atoms with Gasteiger partial charge in [-0.15, -0.1) is 0 Å². The lowest BCUT2D eigenvalue weighted by Gasteiger charge is -2.24. The van der Waals surface area contributed by atoms with E-state index in [-0.39, 0.29) is 6.54 Å². The summed E-state index contributed by atoms with van der Waals surface area (Å²) in [6.07, 6.45) is 4.40. The highest BCUT2D eigenvalue weighted by atomic mass is 16.4. The minimum Gasteiger partial charge on any atom is -0.432 e. The van der Waals surface area contributed by atoms with Crippen molar-refractivity contribution in [3.05, 3.63) is 12.0 Å². The number of aliphatic hydroxyl groups excluding tert-OH is 1. The number of rotatable bonds is 3. The molecule has 3 N–H and O–H groups in total. The van der Waals surface area contributed by atoms with Crippen LogP contribution in [0, 0.1) is 0 Å². The van der Waals surface area contributed by atoms with Gasteiger partial charge in [0.15, 0.2) is 0 Å². The molecular weight excluding hydrogens is 194 g/mol. The van der Waals surface area contributed by atoms with Crippen LogP contribution in [0.1, 0.15) is 31.1 Å². The highest BCUT2D eigenvalue weighted by molar-refractivity contribution is 5.27. The topological polar surface area (TPSA) is 75.5 Å². The lowest BCUT2D eigenvalue weighted by atomic mass is 10.1. The summed E-state index contributed by atoms with van der Waals surface area (Å²) < 4.78 is 5.33. The predicted octanol–water partition coefficient (Wildman–Crippen LogP) is 0.657. The smallest absolute Gasteiger partial charge is 0.297 e. The third-order valence-corrected chi connectivity index (χ3v) is 2.70. The molecular formula is C10H17N3O2. The molecule has 0 aromatic carbocycles. The van der Waals surface area contributed by atoms with E-state index in [0.717, 1.165) is 13.1 Å². The van der Waals surface area contributed by atoms with E-state index in [4.69, 9.17) is 10.2 Å². The second-order valence-corrected chi connectivity index (χ2v) is 3.85. The normalized spacial score (nSPS) is 19.2. The molecule has 84 valence electrons. The highest BCUT2D eigenvalue weighted by Crippen LogP contribution is 2.21. The SMILES string of the molecule is NCC(O)c1coc(N2CCCCC2)n1. The molecule has 5 heteroatoms. The van der Waals surface area contributed by atoms with Crippen LogP contribution in [0.15, 0.2) is 10.7 Å². The van der Waals surface area contributed by atoms with Gasteiger partial charge in [-0.05, 0) is 19.3 Å². The van der Waals surface area contributed by atoms with Crippen LogP contribution in [0.4, 0.5) is 6.01 Å². The van der Waals surface area contributed by atoms with Gasteiger partial charge in [-0.25, -0.2) is 0 Å². The molecule has 1 saturated heterocycles. The van der Waals surface area contributed by atoms with Crippen LogP contribution in [-0.2, 0) is 0 Å². The third kappa shape index (κ3) is 2.30. The summed E-state index contributed by atoms with van der Waals surface area (Å²) in [6, 6.07) is 0.609. The molecule has 0 spiro atoms. The van der Waals surface area contributed by atoms with Crippen LogP contribution < -0.4 is 10.6 Å². The van der Waals surface area contributed by atoms with E-state index in [2.05, 4.69) is 9.88 Å². The number of nitrogens with two attached hydrogens (primary N) is 1. The number of piperidine rings is 1. The van der Waals surface area contributed by atoms with Crippen molar-refractivity contribution in [2.45, 2.75) is 25.4 Å². The lowest BCUT2D eigenvalue weighted by Crippen LogP contribution is -2.29. The summed E-state index contributed by atoms with van der Waals surface area (Å²) in [7, 11) is 0. The van der Waals surface area contributed by atoms with Gasteiger partial charge in [0.2, 0.25) is 0 Å². The zero-order valence-corrected chi connectivity index (χ0v) is 8.72. The molecule has 5 nitrogen and oxygen atoms in total. The molecule has 1 aromatic heterocycles. The third-order valence-electron chi connectivity index (χ3n) is 2.70. The van der Waals surface area contributed by atoms with Crippen LogP contribution in [0.3, 0.4) is 0 Å². The van der Waals surface area contributed by atoms with Crippen LogP contribution in [0.5, 0.6) is 0 Å². The average molecular weight is 211 g/mol. The van der Waals surface area contributed by atoms with Crippen LogP contribution in [0.25, 0.3) is 0 Å². The van der Waals surface area contributed by atoms with Gasteiger partial charge in [-0.3, -0.25) is 0 Å². The van der Waals surface area contributed by atoms with Gasteiger partial charge in [-0.1, -0.05) is 0 Å². The molecule has 2 heterocycles. The van der Waals surface area contributed by atoms with E-state index in [0.29, 0.717) is 11.7 Å². The van der Waals surface area contributed by atoms with Gasteiger partial charge in [0.05, 0.1) is 0 Å². The molecule has 0 aliphatic carbocycles. The average Bonchev–Trinajstić information content (AvgIpc) is 2.78. The second kappa shape index (κ2) is 4.63. The van der Waals surface area contributed by atoms with Gasteiger partial charge >= 0.3 is 0 Å². The highest BCUT2D eigenvalue weighted by Gasteiger charge is 2.18. The van der Waals surface area contributed by atoms with Crippen molar-refractivity contribution >= 4 is 6.01 Å². The van der Waals surface area contributed by atoms with Crippen molar-refractivity contribution in [3.63, 3.8) is 0 Å². The zero-order valence-electron chi connectivity index (χ0n) is 8.72. The van der Waals surface area contributed by atoms with Crippen LogP contribution >= 0.6 is 0 Å². The Morgan fingerprint density at radius 3 is 2.87 bits per heavy atom. The van der Waals surface area contributed by atoms with Crippen LogP contribution in [-0.4, -0.2) is 29.7 Å². The Kier molecular flexibility index (Phi) is 3.23. The van der Waals surface area contributed by atoms with E-state index >= 15 is 0 Å². The molecule has 2 rings (SSSR count). The molecule has 1 aliphatic rings. The molecule has 1 atom stereocenters. The minimum absolute atomic E-state index is 0.173. The largest absolute Gasteiger partial charge is 0.432 e. The maximum absolute atomic E-state index is 9.47. The second-order valence-electron chi connectivity index (χ2n) is 3.85. The quantitative estimate of drug-likeness (QED) is 0.768. The molecule has 0 amide bonds. The standard InChI is InChI=1S/C10H17N3O2/c11-6-9(14)8-7-15-10(12-8)13-4-2-1-3-5-13/h7,9,14H,1-6,11H2. The monoisotopic (exact) mass is 211 g/mol. The number of anilines is 1. The number of hydrogen-bond acceptors (Lipinski definition) is 5. The van der Waals surface area contributed by atoms with Crippen molar-refractivity contribution < 1.29 is 9.52 Å². The molecule has 0 saturated carbocycles. The summed E-state index contributed by atoms with van der Waals surface area (Å²) in [5, 5.41) is 9.47. The first-order valence-corrected chi connectivity index (χ1v) is 5.40. The molecule has 1 unspecified atom stereocenters. The summed E-state index contributed by atoms with van der Waals surface area (Å²) >= 11 is 0. The zero-order chi connectivity index (χ0) is 10.7. The Labute approximate surface area is 88.9 Å². The summed E-state index contributed by atoms with van der Waals surface area (Å²) in [5.74, 6) is 0. The molecule has 1 aliphatic heterocycles. The fourth-order valence-electron chi connectivity index (χ4n) is 1.78. The van der Waals surface area contributed by atoms with E-state index in [9.17, 15) is 5.11 Å². The van der Waals surface area contributed by atoms with Gasteiger partial charge in [0, 0.05) is 19.6 Å². The van der Waals surface area contributed by atoms with Crippen molar-refractivity contribution in [1.29, 1.82) is 0 Å². The maximum Gasteiger partial charge on any atom is 0.297 e. The molecule has 15 heavy (non-hydrogen) atoms. The lowest BCUT2D eigenvalue weighted by molar-refractivity contribution is 0.181. The van der Waals surface area contributed by atoms with E-state index in [1.54, 1.807) is 0 Å². The first kappa shape index (κ1) is 10.4. The number of aromatic nitrogens is 1. The van der Waals surface area contributed by atoms with Gasteiger partial charge in [-0.2, -0.15) is 4.98 Å². The molecule has 1 aromatic rings. The molecule has 0 bridgehead atoms. The maximum atomic E-state index is 9.47. The minimum atomic E-state index is -0.715. The van der Waals surface area contributed by atoms with E-state index < -0.39 is 6.10 Å². The Morgan fingerprint density at radius 1 is 1.47 bits per heavy atom. The Balaban J connectivity index is 2.05. The van der Waals surface area contributed by atoms with Crippen molar-refractivity contribution in [2.24, 2.45) is 5.73 Å². The van der Waals surface area contributed by atoms with Gasteiger partial charge in [0.1, 0.15) is 18.1 Å². The summed E-state index contributed by atoms with van der Waals surface area (Å²) in [6.45, 7) is 2.14. The van der Waals surface area contributed by atoms with Gasteiger partial charge < -0.3 is 20.2 Å². The van der Waals surface area contributed by atoms with E-state index in [1.165, 1.54) is 25.5 Å². The first-order chi connectivity index (χ1) is 7.31. The molecule has 1 fully saturated rings. The Morgan fingerprint density at radius 2 is 2.20 bits per heavy atom. The Hall–Kier alpha value is -1.07. The fourth-order valence-corrected chi connectivity index (χ4v) is 1.78. The number of hydrogen-bond donors (Lipinski definition) is 2. The first-order valence-electron chi connectivity index (χ1n) is 5.40. The van der Waals surface area contributed by atoms with E-state index in [1.807, 2.05) is 0 Å². The Bertz CT molecular complexity index is 307. The predicted molar refractivity (Wildman–Crippen MR) is 56.6 cm³/mol. The number of nitrogens with zero attached hydrogens (tertiary/aromatic N) is 2. The summed E-state index contributed by atoms with van der Waals surface area (Å²) in [5.41, 5.74) is 5.87. The van der Waals surface area contributed by atoms with Crippen molar-refractivity contribution in [2.75, 3.05) is 24.5 Å². The van der Waals surface area contributed by atoms with Crippen molar-refractivity contribution in [1.82, 2.24) is 4.98 Å². The number of oxazole rings is 1. The fraction of sp³-hybridized carbons (Fsp3) is 0.700. The molecule has 0 radical (unpaired) electrons. The van der Waals surface area contributed by atoms with Crippen molar-refractivity contribution in [3.8, 4) is 0 Å². The summed E-state index contributed by atoms with van der Waals surface area (Å²) in [4.78, 5) is 6.34. The number of aliphatic hydroxyl groups is 1.